The van der Waals surface area contributed by atoms with Crippen molar-refractivity contribution >= 4 is 6.16 Å². The maximum absolute atomic E-state index is 12.7. The number of rotatable bonds is 7. The van der Waals surface area contributed by atoms with Crippen molar-refractivity contribution in [2.45, 2.75) is 150 Å². The van der Waals surface area contributed by atoms with Crippen molar-refractivity contribution in [2.24, 2.45) is 46.3 Å². The van der Waals surface area contributed by atoms with Gasteiger partial charge >= 0.3 is 6.16 Å². The van der Waals surface area contributed by atoms with Crippen LogP contribution in [0.4, 0.5) is 4.79 Å². The predicted octanol–water partition coefficient (Wildman–Crippen LogP) is 10.4. The summed E-state index contributed by atoms with van der Waals surface area (Å²) in [6.07, 6.45) is 25.9. The topological polar surface area (TPSA) is 35.5 Å². The third kappa shape index (κ3) is 6.18. The first-order valence-corrected chi connectivity index (χ1v) is 16.9. The van der Waals surface area contributed by atoms with Crippen LogP contribution >= 0.6 is 0 Å². The van der Waals surface area contributed by atoms with E-state index in [2.05, 4.69) is 52.8 Å². The number of allylic oxidation sites excluding steroid dienone is 3. The molecule has 220 valence electrons. The highest BCUT2D eigenvalue weighted by molar-refractivity contribution is 5.60. The number of hydrogen-bond acceptors (Lipinski definition) is 3. The molecule has 3 nitrogen and oxygen atoms in total. The van der Waals surface area contributed by atoms with E-state index >= 15 is 0 Å². The van der Waals surface area contributed by atoms with Crippen molar-refractivity contribution in [1.29, 1.82) is 0 Å². The molecule has 39 heavy (non-hydrogen) atoms. The Labute approximate surface area is 239 Å². The summed E-state index contributed by atoms with van der Waals surface area (Å²) in [5, 5.41) is 0. The lowest BCUT2D eigenvalue weighted by Crippen LogP contribution is -2.51. The van der Waals surface area contributed by atoms with Crippen LogP contribution in [0.3, 0.4) is 0 Å². The van der Waals surface area contributed by atoms with E-state index in [1.165, 1.54) is 51.4 Å². The third-order valence-electron chi connectivity index (χ3n) is 12.5. The van der Waals surface area contributed by atoms with Gasteiger partial charge in [-0.1, -0.05) is 77.7 Å². The van der Waals surface area contributed by atoms with Gasteiger partial charge < -0.3 is 9.47 Å². The molecule has 5 rings (SSSR count). The highest BCUT2D eigenvalue weighted by Crippen LogP contribution is 2.67. The molecule has 0 heterocycles. The number of ether oxygens (including phenoxy) is 2. The van der Waals surface area contributed by atoms with Crippen molar-refractivity contribution in [3.05, 3.63) is 23.8 Å². The summed E-state index contributed by atoms with van der Waals surface area (Å²) in [4.78, 5) is 12.7. The van der Waals surface area contributed by atoms with E-state index in [1.807, 2.05) is 0 Å². The van der Waals surface area contributed by atoms with E-state index in [4.69, 9.17) is 9.47 Å². The highest BCUT2D eigenvalue weighted by Gasteiger charge is 2.59. The van der Waals surface area contributed by atoms with Crippen molar-refractivity contribution < 1.29 is 14.3 Å². The molecule has 3 fully saturated rings. The van der Waals surface area contributed by atoms with Gasteiger partial charge in [-0.05, 0) is 123 Å². The number of fused-ring (bicyclic) bond motifs is 5. The molecule has 5 aliphatic rings. The molecular formula is C36H58O3. The molecule has 3 heteroatoms. The van der Waals surface area contributed by atoms with Crippen LogP contribution in [0.25, 0.3) is 0 Å². The minimum absolute atomic E-state index is 0.00988. The molecule has 0 bridgehead atoms. The standard InChI is InChI=1S/C36H58O3/c1-25(2)12-11-13-26(3)31-18-19-32-30-17-16-27-24-29(20-22-35(27,4)33(30)21-23-36(31,32)5)39-34(37)38-28-14-9-7-6-8-10-15-28/h6-7,16,25-26,28-33H,8-15,17-24H2,1-5H3/b7-6+/t26-,28?,29+,30+,31-,32+,33+,35+,36-/m1/s1. The zero-order chi connectivity index (χ0) is 27.6. The van der Waals surface area contributed by atoms with Crippen LogP contribution in [0.2, 0.25) is 0 Å². The minimum Gasteiger partial charge on any atom is -0.431 e. The van der Waals surface area contributed by atoms with Gasteiger partial charge in [-0.3, -0.25) is 0 Å². The van der Waals surface area contributed by atoms with E-state index in [9.17, 15) is 4.79 Å². The zero-order valence-electron chi connectivity index (χ0n) is 25.9. The fraction of sp³-hybridized carbons (Fsp3) is 0.861. The molecule has 5 aliphatic carbocycles. The molecule has 0 saturated heterocycles. The van der Waals surface area contributed by atoms with Crippen molar-refractivity contribution in [2.75, 3.05) is 0 Å². The van der Waals surface area contributed by atoms with Crippen LogP contribution in [0.15, 0.2) is 23.8 Å². The summed E-state index contributed by atoms with van der Waals surface area (Å²) >= 11 is 0. The summed E-state index contributed by atoms with van der Waals surface area (Å²) in [5.41, 5.74) is 2.42. The molecule has 9 atom stereocenters. The SMILES string of the molecule is CC(C)CCC[C@@H](C)[C@H]1CC[C@H]2[C@@H]3CC=C4C[C@@H](OC(=O)OC5CC/C=C/CCC5)CC[C@]4(C)[C@H]3CC[C@]12C. The van der Waals surface area contributed by atoms with Gasteiger partial charge in [0.15, 0.2) is 0 Å². The van der Waals surface area contributed by atoms with Gasteiger partial charge in [-0.25, -0.2) is 4.79 Å². The van der Waals surface area contributed by atoms with Crippen molar-refractivity contribution in [3.63, 3.8) is 0 Å². The zero-order valence-corrected chi connectivity index (χ0v) is 25.9. The Bertz CT molecular complexity index is 903. The normalized spacial score (nSPS) is 41.7. The van der Waals surface area contributed by atoms with Gasteiger partial charge in [-0.15, -0.1) is 0 Å². The molecule has 0 aromatic carbocycles. The Hall–Kier alpha value is -1.25. The molecule has 0 N–H and O–H groups in total. The third-order valence-corrected chi connectivity index (χ3v) is 12.5. The Balaban J connectivity index is 1.19. The molecule has 0 aliphatic heterocycles. The Morgan fingerprint density at radius 3 is 2.51 bits per heavy atom. The molecular weight excluding hydrogens is 480 g/mol. The lowest BCUT2D eigenvalue weighted by Gasteiger charge is -2.58. The van der Waals surface area contributed by atoms with Gasteiger partial charge in [0, 0.05) is 6.42 Å². The Kier molecular flexibility index (Phi) is 9.24. The van der Waals surface area contributed by atoms with E-state index in [-0.39, 0.29) is 12.2 Å². The summed E-state index contributed by atoms with van der Waals surface area (Å²) in [6, 6.07) is 0. The molecule has 0 aromatic rings. The van der Waals surface area contributed by atoms with E-state index in [1.54, 1.807) is 5.57 Å². The molecule has 1 unspecified atom stereocenters. The molecule has 0 amide bonds. The monoisotopic (exact) mass is 538 g/mol. The van der Waals surface area contributed by atoms with E-state index in [0.29, 0.717) is 10.8 Å². The average Bonchev–Trinajstić information content (AvgIpc) is 3.23. The van der Waals surface area contributed by atoms with Crippen LogP contribution in [0.1, 0.15) is 137 Å². The number of carbonyl (C=O) groups is 1. The fourth-order valence-electron chi connectivity index (χ4n) is 10.3. The quantitative estimate of drug-likeness (QED) is 0.239. The first-order chi connectivity index (χ1) is 18.7. The molecule has 0 radical (unpaired) electrons. The molecule has 0 aromatic heterocycles. The van der Waals surface area contributed by atoms with Crippen LogP contribution in [0, 0.1) is 46.3 Å². The lowest BCUT2D eigenvalue weighted by molar-refractivity contribution is -0.0642. The average molecular weight is 539 g/mol. The van der Waals surface area contributed by atoms with Crippen molar-refractivity contribution in [1.82, 2.24) is 0 Å². The lowest BCUT2D eigenvalue weighted by atomic mass is 9.47. The smallest absolute Gasteiger partial charge is 0.431 e. The summed E-state index contributed by atoms with van der Waals surface area (Å²) in [7, 11) is 0. The molecule has 3 saturated carbocycles. The minimum atomic E-state index is -0.430. The van der Waals surface area contributed by atoms with Crippen LogP contribution in [0.5, 0.6) is 0 Å². The second-order valence-corrected chi connectivity index (χ2v) is 15.2. The summed E-state index contributed by atoms with van der Waals surface area (Å²) in [5.74, 6) is 5.16. The van der Waals surface area contributed by atoms with Gasteiger partial charge in [-0.2, -0.15) is 0 Å². The van der Waals surface area contributed by atoms with E-state index < -0.39 is 6.16 Å². The Morgan fingerprint density at radius 2 is 1.69 bits per heavy atom. The first kappa shape index (κ1) is 29.2. The van der Waals surface area contributed by atoms with Gasteiger partial charge in [0.1, 0.15) is 12.2 Å². The highest BCUT2D eigenvalue weighted by atomic mass is 16.7. The second-order valence-electron chi connectivity index (χ2n) is 15.2. The first-order valence-electron chi connectivity index (χ1n) is 16.9. The number of hydrogen-bond donors (Lipinski definition) is 0. The van der Waals surface area contributed by atoms with Crippen LogP contribution in [-0.4, -0.2) is 18.4 Å². The van der Waals surface area contributed by atoms with Gasteiger partial charge in [0.25, 0.3) is 0 Å². The van der Waals surface area contributed by atoms with Gasteiger partial charge in [0.05, 0.1) is 0 Å². The van der Waals surface area contributed by atoms with Crippen LogP contribution in [-0.2, 0) is 9.47 Å². The Morgan fingerprint density at radius 1 is 0.897 bits per heavy atom. The number of carbonyl (C=O) groups excluding carboxylic acids is 1. The summed E-state index contributed by atoms with van der Waals surface area (Å²) < 4.78 is 11.7. The second kappa shape index (κ2) is 12.3. The fourth-order valence-corrected chi connectivity index (χ4v) is 10.3. The molecule has 0 spiro atoms. The van der Waals surface area contributed by atoms with E-state index in [0.717, 1.165) is 86.9 Å². The van der Waals surface area contributed by atoms with Gasteiger partial charge in [0.2, 0.25) is 0 Å². The maximum Gasteiger partial charge on any atom is 0.508 e. The van der Waals surface area contributed by atoms with Crippen molar-refractivity contribution in [3.8, 4) is 0 Å². The summed E-state index contributed by atoms with van der Waals surface area (Å²) in [6.45, 7) is 12.6. The largest absolute Gasteiger partial charge is 0.508 e. The van der Waals surface area contributed by atoms with Crippen LogP contribution < -0.4 is 0 Å². The maximum atomic E-state index is 12.7. The predicted molar refractivity (Wildman–Crippen MR) is 160 cm³/mol.